The van der Waals surface area contributed by atoms with E-state index in [4.69, 9.17) is 0 Å². The van der Waals surface area contributed by atoms with Gasteiger partial charge in [-0.3, -0.25) is 9.78 Å². The molecule has 2 N–H and O–H groups in total. The molecular formula is C22H23FN4OS. The average molecular weight is 411 g/mol. The van der Waals surface area contributed by atoms with Crippen LogP contribution < -0.4 is 10.6 Å². The number of halogens is 1. The minimum absolute atomic E-state index is 0.214. The second kappa shape index (κ2) is 10.0. The smallest absolute Gasteiger partial charge is 0.254 e. The normalized spacial score (nSPS) is 10.6. The summed E-state index contributed by atoms with van der Waals surface area (Å²) < 4.78 is 13.3. The van der Waals surface area contributed by atoms with Gasteiger partial charge in [-0.15, -0.1) is 11.8 Å². The Labute approximate surface area is 174 Å². The molecule has 0 radical (unpaired) electrons. The summed E-state index contributed by atoms with van der Waals surface area (Å²) in [6.07, 6.45) is 3.54. The average Bonchev–Trinajstić information content (AvgIpc) is 2.71. The van der Waals surface area contributed by atoms with E-state index in [9.17, 15) is 9.18 Å². The van der Waals surface area contributed by atoms with E-state index in [0.29, 0.717) is 28.5 Å². The molecule has 1 amide bonds. The van der Waals surface area contributed by atoms with Crippen molar-refractivity contribution in [2.24, 2.45) is 0 Å². The number of carbonyl (C=O) groups excluding carboxylic acids is 1. The molecule has 0 aliphatic rings. The predicted molar refractivity (Wildman–Crippen MR) is 115 cm³/mol. The Morgan fingerprint density at radius 1 is 1.14 bits per heavy atom. The molecule has 0 atom stereocenters. The molecule has 0 aliphatic heterocycles. The van der Waals surface area contributed by atoms with E-state index in [2.05, 4.69) is 20.6 Å². The van der Waals surface area contributed by atoms with Gasteiger partial charge in [-0.1, -0.05) is 25.1 Å². The van der Waals surface area contributed by atoms with Crippen LogP contribution in [0.15, 0.2) is 59.9 Å². The zero-order valence-electron chi connectivity index (χ0n) is 16.4. The van der Waals surface area contributed by atoms with Crippen LogP contribution in [-0.2, 0) is 13.1 Å². The van der Waals surface area contributed by atoms with Crippen LogP contribution in [0.25, 0.3) is 0 Å². The highest BCUT2D eigenvalue weighted by atomic mass is 32.2. The first-order chi connectivity index (χ1) is 14.1. The van der Waals surface area contributed by atoms with Crippen LogP contribution in [-0.4, -0.2) is 21.6 Å². The molecule has 0 aliphatic carbocycles. The van der Waals surface area contributed by atoms with Gasteiger partial charge in [0.1, 0.15) is 16.7 Å². The van der Waals surface area contributed by atoms with Gasteiger partial charge in [0.05, 0.1) is 5.56 Å². The second-order valence-electron chi connectivity index (χ2n) is 6.46. The molecule has 2 heterocycles. The Hall–Kier alpha value is -2.93. The highest BCUT2D eigenvalue weighted by Gasteiger charge is 2.17. The molecule has 0 fully saturated rings. The van der Waals surface area contributed by atoms with Gasteiger partial charge in [0.2, 0.25) is 0 Å². The highest BCUT2D eigenvalue weighted by Crippen LogP contribution is 2.26. The lowest BCUT2D eigenvalue weighted by Crippen LogP contribution is -2.25. The maximum atomic E-state index is 13.3. The minimum Gasteiger partial charge on any atom is -0.366 e. The SMILES string of the molecule is CCSc1nc(NCc2cccnc2)cc(C)c1C(=O)NCc1cccc(F)c1. The predicted octanol–water partition coefficient (Wildman–Crippen LogP) is 4.58. The number of amides is 1. The van der Waals surface area contributed by atoms with E-state index in [1.807, 2.05) is 32.0 Å². The standard InChI is InChI=1S/C22H23FN4OS/c1-3-29-22-20(21(28)26-13-16-6-4-8-18(23)11-16)15(2)10-19(27-22)25-14-17-7-5-9-24-12-17/h4-12H,3,13-14H2,1-2H3,(H,25,27)(H,26,28). The number of aromatic nitrogens is 2. The molecule has 0 unspecified atom stereocenters. The topological polar surface area (TPSA) is 66.9 Å². The summed E-state index contributed by atoms with van der Waals surface area (Å²) in [6, 6.07) is 12.0. The lowest BCUT2D eigenvalue weighted by atomic mass is 10.1. The number of carbonyl (C=O) groups is 1. The van der Waals surface area contributed by atoms with E-state index >= 15 is 0 Å². The summed E-state index contributed by atoms with van der Waals surface area (Å²) in [5.74, 6) is 0.974. The van der Waals surface area contributed by atoms with E-state index in [0.717, 1.165) is 16.9 Å². The zero-order chi connectivity index (χ0) is 20.6. The van der Waals surface area contributed by atoms with Crippen LogP contribution in [0.3, 0.4) is 0 Å². The fourth-order valence-electron chi connectivity index (χ4n) is 2.86. The van der Waals surface area contributed by atoms with E-state index in [1.165, 1.54) is 23.9 Å². The quantitative estimate of drug-likeness (QED) is 0.532. The molecule has 150 valence electrons. The van der Waals surface area contributed by atoms with Gasteiger partial charge in [-0.05, 0) is 53.6 Å². The fraction of sp³-hybridized carbons (Fsp3) is 0.227. The molecule has 2 aromatic heterocycles. The minimum atomic E-state index is -0.319. The van der Waals surface area contributed by atoms with E-state index in [1.54, 1.807) is 24.5 Å². The van der Waals surface area contributed by atoms with Crippen LogP contribution >= 0.6 is 11.8 Å². The number of benzene rings is 1. The van der Waals surface area contributed by atoms with Crippen LogP contribution in [0.5, 0.6) is 0 Å². The monoisotopic (exact) mass is 410 g/mol. The van der Waals surface area contributed by atoms with Crippen LogP contribution in [0.2, 0.25) is 0 Å². The molecule has 29 heavy (non-hydrogen) atoms. The fourth-order valence-corrected chi connectivity index (χ4v) is 3.70. The number of pyridine rings is 2. The van der Waals surface area contributed by atoms with Crippen molar-refractivity contribution in [1.82, 2.24) is 15.3 Å². The van der Waals surface area contributed by atoms with Gasteiger partial charge in [0, 0.05) is 25.5 Å². The number of thioether (sulfide) groups is 1. The third-order valence-electron chi connectivity index (χ3n) is 4.23. The zero-order valence-corrected chi connectivity index (χ0v) is 17.2. The van der Waals surface area contributed by atoms with Crippen LogP contribution in [0, 0.1) is 12.7 Å². The number of rotatable bonds is 8. The molecule has 5 nitrogen and oxygen atoms in total. The molecule has 0 saturated carbocycles. The third-order valence-corrected chi connectivity index (χ3v) is 5.09. The molecule has 3 aromatic rings. The van der Waals surface area contributed by atoms with Gasteiger partial charge < -0.3 is 10.6 Å². The van der Waals surface area contributed by atoms with Gasteiger partial charge in [-0.2, -0.15) is 0 Å². The van der Waals surface area contributed by atoms with Gasteiger partial charge in [-0.25, -0.2) is 9.37 Å². The number of hydrogen-bond acceptors (Lipinski definition) is 5. The summed E-state index contributed by atoms with van der Waals surface area (Å²) in [6.45, 7) is 4.77. The van der Waals surface area contributed by atoms with Crippen molar-refractivity contribution in [3.8, 4) is 0 Å². The van der Waals surface area contributed by atoms with Crippen molar-refractivity contribution in [3.63, 3.8) is 0 Å². The third kappa shape index (κ3) is 5.77. The maximum absolute atomic E-state index is 13.3. The highest BCUT2D eigenvalue weighted by molar-refractivity contribution is 7.99. The summed E-state index contributed by atoms with van der Waals surface area (Å²) >= 11 is 1.52. The number of anilines is 1. The first-order valence-corrected chi connectivity index (χ1v) is 10.3. The van der Waals surface area contributed by atoms with Gasteiger partial charge in [0.25, 0.3) is 5.91 Å². The molecular weight excluding hydrogens is 387 g/mol. The summed E-state index contributed by atoms with van der Waals surface area (Å²) in [7, 11) is 0. The van der Waals surface area contributed by atoms with Crippen molar-refractivity contribution in [1.29, 1.82) is 0 Å². The maximum Gasteiger partial charge on any atom is 0.254 e. The summed E-state index contributed by atoms with van der Waals surface area (Å²) in [5, 5.41) is 6.84. The molecule has 1 aromatic carbocycles. The molecule has 0 spiro atoms. The van der Waals surface area contributed by atoms with Crippen molar-refractivity contribution in [2.45, 2.75) is 32.0 Å². The Balaban J connectivity index is 1.75. The molecule has 0 bridgehead atoms. The number of hydrogen-bond donors (Lipinski definition) is 2. The lowest BCUT2D eigenvalue weighted by Gasteiger charge is -2.15. The molecule has 3 rings (SSSR count). The van der Waals surface area contributed by atoms with Crippen LogP contribution in [0.1, 0.15) is 34.0 Å². The van der Waals surface area contributed by atoms with Crippen molar-refractivity contribution in [3.05, 3.63) is 82.9 Å². The van der Waals surface area contributed by atoms with Crippen molar-refractivity contribution in [2.75, 3.05) is 11.1 Å². The van der Waals surface area contributed by atoms with Gasteiger partial charge >= 0.3 is 0 Å². The first kappa shape index (κ1) is 20.8. The number of nitrogens with one attached hydrogen (secondary N) is 2. The first-order valence-electron chi connectivity index (χ1n) is 9.36. The van der Waals surface area contributed by atoms with Crippen molar-refractivity contribution < 1.29 is 9.18 Å². The molecule has 7 heteroatoms. The van der Waals surface area contributed by atoms with E-state index in [-0.39, 0.29) is 18.3 Å². The molecule has 0 saturated heterocycles. The second-order valence-corrected chi connectivity index (χ2v) is 7.72. The van der Waals surface area contributed by atoms with Gasteiger partial charge in [0.15, 0.2) is 0 Å². The van der Waals surface area contributed by atoms with Crippen molar-refractivity contribution >= 4 is 23.5 Å². The Kier molecular flexibility index (Phi) is 7.19. The largest absolute Gasteiger partial charge is 0.366 e. The number of nitrogens with zero attached hydrogens (tertiary/aromatic N) is 2. The Bertz CT molecular complexity index is 982. The Morgan fingerprint density at radius 2 is 1.97 bits per heavy atom. The summed E-state index contributed by atoms with van der Waals surface area (Å²) in [5.41, 5.74) is 3.15. The van der Waals surface area contributed by atoms with E-state index < -0.39 is 0 Å². The lowest BCUT2D eigenvalue weighted by molar-refractivity contribution is 0.0946. The number of aryl methyl sites for hydroxylation is 1. The Morgan fingerprint density at radius 3 is 2.69 bits per heavy atom. The van der Waals surface area contributed by atoms with Crippen LogP contribution in [0.4, 0.5) is 10.2 Å². The summed E-state index contributed by atoms with van der Waals surface area (Å²) in [4.78, 5) is 21.6.